The minimum Gasteiger partial charge on any atom is -0.370 e. The highest BCUT2D eigenvalue weighted by Crippen LogP contribution is 2.40. The Kier molecular flexibility index (Phi) is 3.26. The standard InChI is InChI=1S/C12H21O/c1-2-3-4-5-6-10-7-8-11-12(9-10)13-11/h6,10-12H,2-5,7-9H2,1H3. The summed E-state index contributed by atoms with van der Waals surface area (Å²) in [4.78, 5) is 0. The molecule has 1 heteroatoms. The summed E-state index contributed by atoms with van der Waals surface area (Å²) < 4.78 is 5.52. The summed E-state index contributed by atoms with van der Waals surface area (Å²) in [7, 11) is 0. The molecule has 1 nitrogen and oxygen atoms in total. The molecule has 1 radical (unpaired) electrons. The van der Waals surface area contributed by atoms with E-state index in [0.717, 1.165) is 5.92 Å². The smallest absolute Gasteiger partial charge is 0.0844 e. The molecule has 1 saturated heterocycles. The van der Waals surface area contributed by atoms with Crippen LogP contribution in [0.1, 0.15) is 51.9 Å². The van der Waals surface area contributed by atoms with Crippen LogP contribution in [0, 0.1) is 12.3 Å². The molecule has 0 aromatic carbocycles. The molecular formula is C12H21O. The van der Waals surface area contributed by atoms with Gasteiger partial charge in [0.15, 0.2) is 0 Å². The molecule has 3 unspecified atom stereocenters. The van der Waals surface area contributed by atoms with Crippen LogP contribution in [-0.2, 0) is 4.74 Å². The van der Waals surface area contributed by atoms with Gasteiger partial charge in [-0.05, 0) is 38.0 Å². The number of fused-ring (bicyclic) bond motifs is 1. The Morgan fingerprint density at radius 3 is 2.92 bits per heavy atom. The first-order valence-electron chi connectivity index (χ1n) is 5.89. The minimum atomic E-state index is 0.654. The summed E-state index contributed by atoms with van der Waals surface area (Å²) in [6, 6.07) is 0. The Morgan fingerprint density at radius 1 is 1.23 bits per heavy atom. The summed E-state index contributed by atoms with van der Waals surface area (Å²) in [5, 5.41) is 0. The third kappa shape index (κ3) is 2.70. The molecule has 0 bridgehead atoms. The number of rotatable bonds is 5. The van der Waals surface area contributed by atoms with Crippen molar-refractivity contribution < 1.29 is 4.74 Å². The van der Waals surface area contributed by atoms with Gasteiger partial charge in [-0.15, -0.1) is 0 Å². The van der Waals surface area contributed by atoms with Crippen LogP contribution in [0.5, 0.6) is 0 Å². The molecule has 3 atom stereocenters. The predicted molar refractivity (Wildman–Crippen MR) is 54.4 cm³/mol. The second kappa shape index (κ2) is 4.45. The maximum Gasteiger partial charge on any atom is 0.0844 e. The van der Waals surface area contributed by atoms with Crippen LogP contribution in [0.2, 0.25) is 0 Å². The summed E-state index contributed by atoms with van der Waals surface area (Å²) in [5.74, 6) is 0.876. The molecule has 0 aromatic heterocycles. The van der Waals surface area contributed by atoms with Crippen molar-refractivity contribution in [3.63, 3.8) is 0 Å². The lowest BCUT2D eigenvalue weighted by Gasteiger charge is -2.17. The van der Waals surface area contributed by atoms with E-state index in [-0.39, 0.29) is 0 Å². The van der Waals surface area contributed by atoms with Gasteiger partial charge in [0.1, 0.15) is 0 Å². The maximum atomic E-state index is 5.52. The number of ether oxygens (including phenoxy) is 1. The van der Waals surface area contributed by atoms with Crippen molar-refractivity contribution in [2.45, 2.75) is 64.1 Å². The van der Waals surface area contributed by atoms with Crippen LogP contribution in [0.25, 0.3) is 0 Å². The SMILES string of the molecule is CCCCC[CH]C1CCC2OC2C1. The second-order valence-electron chi connectivity index (χ2n) is 4.52. The van der Waals surface area contributed by atoms with E-state index in [9.17, 15) is 0 Å². The fourth-order valence-electron chi connectivity index (χ4n) is 2.40. The highest BCUT2D eigenvalue weighted by Gasteiger charge is 2.43. The Bertz CT molecular complexity index is 155. The lowest BCUT2D eigenvalue weighted by molar-refractivity contribution is 0.367. The predicted octanol–water partition coefficient (Wildman–Crippen LogP) is 3.34. The zero-order valence-corrected chi connectivity index (χ0v) is 8.67. The average Bonchev–Trinajstić information content (AvgIpc) is 2.90. The zero-order valence-electron chi connectivity index (χ0n) is 8.67. The molecule has 75 valence electrons. The third-order valence-corrected chi connectivity index (χ3v) is 3.35. The fourth-order valence-corrected chi connectivity index (χ4v) is 2.40. The number of unbranched alkanes of at least 4 members (excludes halogenated alkanes) is 3. The molecule has 1 heterocycles. The van der Waals surface area contributed by atoms with Crippen molar-refractivity contribution in [3.05, 3.63) is 6.42 Å². The fraction of sp³-hybridized carbons (Fsp3) is 0.917. The summed E-state index contributed by atoms with van der Waals surface area (Å²) in [6.07, 6.45) is 13.3. The van der Waals surface area contributed by atoms with E-state index in [4.69, 9.17) is 4.74 Å². The van der Waals surface area contributed by atoms with Crippen LogP contribution < -0.4 is 0 Å². The topological polar surface area (TPSA) is 12.5 Å². The van der Waals surface area contributed by atoms with Crippen molar-refractivity contribution >= 4 is 0 Å². The van der Waals surface area contributed by atoms with Crippen molar-refractivity contribution in [3.8, 4) is 0 Å². The second-order valence-corrected chi connectivity index (χ2v) is 4.52. The van der Waals surface area contributed by atoms with Crippen LogP contribution in [0.15, 0.2) is 0 Å². The molecule has 1 aliphatic carbocycles. The lowest BCUT2D eigenvalue weighted by atomic mass is 9.85. The van der Waals surface area contributed by atoms with Gasteiger partial charge < -0.3 is 4.74 Å². The molecule has 0 spiro atoms. The molecule has 2 rings (SSSR count). The molecule has 2 aliphatic rings. The van der Waals surface area contributed by atoms with Gasteiger partial charge in [0.25, 0.3) is 0 Å². The van der Waals surface area contributed by atoms with Gasteiger partial charge in [0.05, 0.1) is 12.2 Å². The maximum absolute atomic E-state index is 5.52. The number of hydrogen-bond acceptors (Lipinski definition) is 1. The number of epoxide rings is 1. The van der Waals surface area contributed by atoms with E-state index in [1.54, 1.807) is 0 Å². The highest BCUT2D eigenvalue weighted by molar-refractivity contribution is 4.95. The van der Waals surface area contributed by atoms with E-state index >= 15 is 0 Å². The van der Waals surface area contributed by atoms with Crippen molar-refractivity contribution in [1.29, 1.82) is 0 Å². The van der Waals surface area contributed by atoms with Gasteiger partial charge in [-0.3, -0.25) is 0 Å². The Morgan fingerprint density at radius 2 is 2.15 bits per heavy atom. The molecule has 0 N–H and O–H groups in total. The monoisotopic (exact) mass is 181 g/mol. The molecule has 1 aliphatic heterocycles. The normalized spacial score (nSPS) is 37.2. The third-order valence-electron chi connectivity index (χ3n) is 3.35. The number of hydrogen-bond donors (Lipinski definition) is 0. The van der Waals surface area contributed by atoms with Gasteiger partial charge >= 0.3 is 0 Å². The molecule has 13 heavy (non-hydrogen) atoms. The minimum absolute atomic E-state index is 0.654. The van der Waals surface area contributed by atoms with E-state index < -0.39 is 0 Å². The lowest BCUT2D eigenvalue weighted by Crippen LogP contribution is -2.13. The Labute approximate surface area is 81.9 Å². The van der Waals surface area contributed by atoms with Gasteiger partial charge in [-0.2, -0.15) is 0 Å². The van der Waals surface area contributed by atoms with Crippen LogP contribution in [0.3, 0.4) is 0 Å². The van der Waals surface area contributed by atoms with Crippen LogP contribution >= 0.6 is 0 Å². The Balaban J connectivity index is 1.54. The first-order chi connectivity index (χ1) is 6.40. The van der Waals surface area contributed by atoms with Crippen molar-refractivity contribution in [1.82, 2.24) is 0 Å². The summed E-state index contributed by atoms with van der Waals surface area (Å²) in [6.45, 7) is 2.27. The summed E-state index contributed by atoms with van der Waals surface area (Å²) in [5.41, 5.74) is 0. The van der Waals surface area contributed by atoms with Crippen molar-refractivity contribution in [2.75, 3.05) is 0 Å². The van der Waals surface area contributed by atoms with Crippen LogP contribution in [-0.4, -0.2) is 12.2 Å². The molecule has 2 fully saturated rings. The van der Waals surface area contributed by atoms with Crippen molar-refractivity contribution in [2.24, 2.45) is 5.92 Å². The van der Waals surface area contributed by atoms with Gasteiger partial charge in [0, 0.05) is 0 Å². The average molecular weight is 181 g/mol. The quantitative estimate of drug-likeness (QED) is 0.468. The molecule has 0 amide bonds. The van der Waals surface area contributed by atoms with E-state index in [1.165, 1.54) is 44.9 Å². The summed E-state index contributed by atoms with van der Waals surface area (Å²) >= 11 is 0. The van der Waals surface area contributed by atoms with E-state index in [2.05, 4.69) is 13.3 Å². The van der Waals surface area contributed by atoms with Gasteiger partial charge in [-0.25, -0.2) is 0 Å². The first-order valence-corrected chi connectivity index (χ1v) is 5.89. The highest BCUT2D eigenvalue weighted by atomic mass is 16.6. The molecule has 0 aromatic rings. The van der Waals surface area contributed by atoms with E-state index in [1.807, 2.05) is 0 Å². The molecular weight excluding hydrogens is 160 g/mol. The Hall–Kier alpha value is -0.0400. The van der Waals surface area contributed by atoms with Gasteiger partial charge in [0.2, 0.25) is 0 Å². The van der Waals surface area contributed by atoms with Crippen LogP contribution in [0.4, 0.5) is 0 Å². The molecule has 1 saturated carbocycles. The van der Waals surface area contributed by atoms with Gasteiger partial charge in [-0.1, -0.05) is 26.2 Å². The zero-order chi connectivity index (χ0) is 9.10. The first kappa shape index (κ1) is 9.51. The largest absolute Gasteiger partial charge is 0.370 e. The van der Waals surface area contributed by atoms with E-state index in [0.29, 0.717) is 12.2 Å².